The quantitative estimate of drug-likeness (QED) is 0.799. The Balaban J connectivity index is 1.73. The maximum Gasteiger partial charge on any atom is 0.336 e. The molecule has 0 spiro atoms. The van der Waals surface area contributed by atoms with E-state index < -0.39 is 12.1 Å². The zero-order chi connectivity index (χ0) is 16.4. The molecule has 2 heterocycles. The summed E-state index contributed by atoms with van der Waals surface area (Å²) in [6.45, 7) is 0.397. The van der Waals surface area contributed by atoms with Gasteiger partial charge in [0, 0.05) is 22.2 Å². The maximum atomic E-state index is 12.2. The molecule has 3 N–H and O–H groups in total. The second-order valence-electron chi connectivity index (χ2n) is 5.21. The highest BCUT2D eigenvalue weighted by Crippen LogP contribution is 2.37. The summed E-state index contributed by atoms with van der Waals surface area (Å²) in [6, 6.07) is 6.73. The SMILES string of the molecule is O=C(Cc1cc(C(=O)O)cs1)Nc1cccc2c1OCCC2O. The van der Waals surface area contributed by atoms with Crippen molar-refractivity contribution in [3.8, 4) is 5.75 Å². The van der Waals surface area contributed by atoms with Crippen LogP contribution in [0.3, 0.4) is 0 Å². The number of nitrogens with one attached hydrogen (secondary N) is 1. The van der Waals surface area contributed by atoms with Crippen molar-refractivity contribution in [3.63, 3.8) is 0 Å². The number of aromatic carboxylic acids is 1. The van der Waals surface area contributed by atoms with E-state index in [1.165, 1.54) is 22.8 Å². The molecule has 6 nitrogen and oxygen atoms in total. The predicted molar refractivity (Wildman–Crippen MR) is 85.1 cm³/mol. The van der Waals surface area contributed by atoms with Gasteiger partial charge < -0.3 is 20.3 Å². The number of amides is 1. The van der Waals surface area contributed by atoms with Crippen molar-refractivity contribution in [2.24, 2.45) is 0 Å². The molecular formula is C16H15NO5S. The van der Waals surface area contributed by atoms with Crippen molar-refractivity contribution >= 4 is 28.9 Å². The number of hydrogen-bond donors (Lipinski definition) is 3. The molecule has 1 aromatic carbocycles. The van der Waals surface area contributed by atoms with Crippen LogP contribution in [0.5, 0.6) is 5.75 Å². The normalized spacial score (nSPS) is 16.3. The first-order valence-electron chi connectivity index (χ1n) is 7.09. The maximum absolute atomic E-state index is 12.2. The number of carboxylic acid groups (broad SMARTS) is 1. The molecule has 23 heavy (non-hydrogen) atoms. The highest BCUT2D eigenvalue weighted by Gasteiger charge is 2.22. The number of hydrogen-bond acceptors (Lipinski definition) is 5. The Bertz CT molecular complexity index is 755. The second kappa shape index (κ2) is 6.39. The Morgan fingerprint density at radius 3 is 2.96 bits per heavy atom. The topological polar surface area (TPSA) is 95.9 Å². The van der Waals surface area contributed by atoms with E-state index in [1.54, 1.807) is 18.2 Å². The standard InChI is InChI=1S/C16H15NO5S/c18-13-4-5-22-15-11(13)2-1-3-12(15)17-14(19)7-10-6-9(8-23-10)16(20)21/h1-3,6,8,13,18H,4-5,7H2,(H,17,19)(H,20,21). The first-order valence-corrected chi connectivity index (χ1v) is 7.97. The molecule has 7 heteroatoms. The number of thiophene rings is 1. The van der Waals surface area contributed by atoms with Gasteiger partial charge in [0.15, 0.2) is 0 Å². The van der Waals surface area contributed by atoms with E-state index in [4.69, 9.17) is 9.84 Å². The number of aliphatic hydroxyl groups excluding tert-OH is 1. The van der Waals surface area contributed by atoms with Gasteiger partial charge in [0.05, 0.1) is 30.4 Å². The van der Waals surface area contributed by atoms with Gasteiger partial charge in [-0.05, 0) is 12.1 Å². The fourth-order valence-corrected chi connectivity index (χ4v) is 3.30. The van der Waals surface area contributed by atoms with Gasteiger partial charge in [0.25, 0.3) is 0 Å². The van der Waals surface area contributed by atoms with Crippen molar-refractivity contribution in [1.82, 2.24) is 0 Å². The Labute approximate surface area is 136 Å². The van der Waals surface area contributed by atoms with Crippen LogP contribution in [-0.4, -0.2) is 28.7 Å². The largest absolute Gasteiger partial charge is 0.491 e. The van der Waals surface area contributed by atoms with Gasteiger partial charge in [-0.1, -0.05) is 12.1 Å². The number of aliphatic hydroxyl groups is 1. The van der Waals surface area contributed by atoms with E-state index >= 15 is 0 Å². The molecule has 3 rings (SSSR count). The third kappa shape index (κ3) is 3.35. The molecular weight excluding hydrogens is 318 g/mol. The molecule has 0 bridgehead atoms. The number of benzene rings is 1. The number of carbonyl (C=O) groups is 2. The molecule has 1 atom stereocenters. The third-order valence-corrected chi connectivity index (χ3v) is 4.49. The molecule has 0 fully saturated rings. The Morgan fingerprint density at radius 2 is 2.22 bits per heavy atom. The second-order valence-corrected chi connectivity index (χ2v) is 6.20. The Kier molecular flexibility index (Phi) is 4.31. The highest BCUT2D eigenvalue weighted by molar-refractivity contribution is 7.10. The van der Waals surface area contributed by atoms with Gasteiger partial charge in [-0.15, -0.1) is 11.3 Å². The summed E-state index contributed by atoms with van der Waals surface area (Å²) in [5.74, 6) is -0.773. The summed E-state index contributed by atoms with van der Waals surface area (Å²) in [7, 11) is 0. The molecule has 120 valence electrons. The number of rotatable bonds is 4. The van der Waals surface area contributed by atoms with E-state index in [-0.39, 0.29) is 17.9 Å². The minimum absolute atomic E-state index is 0.0875. The van der Waals surface area contributed by atoms with Crippen LogP contribution in [-0.2, 0) is 11.2 Å². The molecule has 0 saturated carbocycles. The van der Waals surface area contributed by atoms with Crippen molar-refractivity contribution in [1.29, 1.82) is 0 Å². The summed E-state index contributed by atoms with van der Waals surface area (Å²) in [5, 5.41) is 23.1. The number of anilines is 1. The minimum atomic E-state index is -1.01. The van der Waals surface area contributed by atoms with Gasteiger partial charge in [0.1, 0.15) is 5.75 Å². The van der Waals surface area contributed by atoms with Crippen LogP contribution in [0.25, 0.3) is 0 Å². The zero-order valence-electron chi connectivity index (χ0n) is 12.1. The lowest BCUT2D eigenvalue weighted by Gasteiger charge is -2.24. The summed E-state index contributed by atoms with van der Waals surface area (Å²) in [6.07, 6.45) is 0.0212. The third-order valence-electron chi connectivity index (χ3n) is 3.55. The smallest absolute Gasteiger partial charge is 0.336 e. The summed E-state index contributed by atoms with van der Waals surface area (Å²) in [5.41, 5.74) is 1.36. The molecule has 2 aromatic rings. The van der Waals surface area contributed by atoms with Gasteiger partial charge in [-0.3, -0.25) is 4.79 Å². The molecule has 0 radical (unpaired) electrons. The first-order chi connectivity index (χ1) is 11.0. The number of para-hydroxylation sites is 1. The minimum Gasteiger partial charge on any atom is -0.491 e. The van der Waals surface area contributed by atoms with E-state index in [1.807, 2.05) is 0 Å². The van der Waals surface area contributed by atoms with Crippen molar-refractivity contribution in [2.45, 2.75) is 18.9 Å². The van der Waals surface area contributed by atoms with Crippen molar-refractivity contribution in [2.75, 3.05) is 11.9 Å². The van der Waals surface area contributed by atoms with Crippen LogP contribution in [0.1, 0.15) is 33.3 Å². The van der Waals surface area contributed by atoms with Gasteiger partial charge >= 0.3 is 5.97 Å². The van der Waals surface area contributed by atoms with Gasteiger partial charge in [0.2, 0.25) is 5.91 Å². The molecule has 1 aliphatic rings. The van der Waals surface area contributed by atoms with Crippen LogP contribution in [0.2, 0.25) is 0 Å². The van der Waals surface area contributed by atoms with Crippen LogP contribution < -0.4 is 10.1 Å². The van der Waals surface area contributed by atoms with Gasteiger partial charge in [-0.25, -0.2) is 4.79 Å². The van der Waals surface area contributed by atoms with E-state index in [0.717, 1.165) is 0 Å². The zero-order valence-corrected chi connectivity index (χ0v) is 12.9. The highest BCUT2D eigenvalue weighted by atomic mass is 32.1. The average Bonchev–Trinajstić information content (AvgIpc) is 2.97. The lowest BCUT2D eigenvalue weighted by atomic mass is 10.0. The monoisotopic (exact) mass is 333 g/mol. The number of fused-ring (bicyclic) bond motifs is 1. The van der Waals surface area contributed by atoms with Crippen molar-refractivity contribution < 1.29 is 24.5 Å². The first kappa shape index (κ1) is 15.5. The summed E-state index contributed by atoms with van der Waals surface area (Å²) >= 11 is 1.23. The molecule has 0 aliphatic carbocycles. The van der Waals surface area contributed by atoms with Gasteiger partial charge in [-0.2, -0.15) is 0 Å². The number of ether oxygens (including phenoxy) is 1. The Hall–Kier alpha value is -2.38. The van der Waals surface area contributed by atoms with Crippen LogP contribution in [0.15, 0.2) is 29.6 Å². The van der Waals surface area contributed by atoms with E-state index in [0.29, 0.717) is 34.9 Å². The molecule has 0 saturated heterocycles. The van der Waals surface area contributed by atoms with E-state index in [9.17, 15) is 14.7 Å². The van der Waals surface area contributed by atoms with Crippen LogP contribution in [0.4, 0.5) is 5.69 Å². The van der Waals surface area contributed by atoms with Crippen LogP contribution >= 0.6 is 11.3 Å². The fraction of sp³-hybridized carbons (Fsp3) is 0.250. The lowest BCUT2D eigenvalue weighted by Crippen LogP contribution is -2.19. The number of carbonyl (C=O) groups excluding carboxylic acids is 1. The summed E-state index contributed by atoms with van der Waals surface area (Å²) < 4.78 is 5.56. The Morgan fingerprint density at radius 1 is 1.39 bits per heavy atom. The van der Waals surface area contributed by atoms with Crippen molar-refractivity contribution in [3.05, 3.63) is 45.6 Å². The summed E-state index contributed by atoms with van der Waals surface area (Å²) in [4.78, 5) is 23.7. The average molecular weight is 333 g/mol. The molecule has 1 amide bonds. The predicted octanol–water partition coefficient (Wildman–Crippen LogP) is 2.44. The van der Waals surface area contributed by atoms with Crippen LogP contribution in [0, 0.1) is 0 Å². The fourth-order valence-electron chi connectivity index (χ4n) is 2.44. The molecule has 1 aromatic heterocycles. The van der Waals surface area contributed by atoms with E-state index in [2.05, 4.69) is 5.32 Å². The lowest BCUT2D eigenvalue weighted by molar-refractivity contribution is -0.115. The molecule has 1 aliphatic heterocycles. The number of carboxylic acids is 1. The molecule has 1 unspecified atom stereocenters.